The third kappa shape index (κ3) is 2.55. The van der Waals surface area contributed by atoms with Crippen LogP contribution in [0.3, 0.4) is 0 Å². The molecule has 1 atom stereocenters. The zero-order valence-electron chi connectivity index (χ0n) is 10.2. The zero-order chi connectivity index (χ0) is 12.4. The molecule has 3 N–H and O–H groups in total. The standard InChI is InChI=1S/C12H16N4O/c1-7-4-10(13)6-14-11(7)16-9(3)12-15-5-8(2)17-12/h4-6,9H,13H2,1-3H3,(H,14,16). The number of nitrogens with one attached hydrogen (secondary N) is 1. The number of anilines is 2. The second-order valence-electron chi connectivity index (χ2n) is 4.11. The molecule has 2 aromatic rings. The molecule has 0 aliphatic heterocycles. The Morgan fingerprint density at radius 3 is 2.65 bits per heavy atom. The van der Waals surface area contributed by atoms with Crippen molar-refractivity contribution < 1.29 is 4.42 Å². The van der Waals surface area contributed by atoms with Crippen LogP contribution in [0.4, 0.5) is 11.5 Å². The van der Waals surface area contributed by atoms with E-state index in [1.165, 1.54) is 0 Å². The zero-order valence-corrected chi connectivity index (χ0v) is 10.2. The largest absolute Gasteiger partial charge is 0.444 e. The molecule has 5 heteroatoms. The van der Waals surface area contributed by atoms with Crippen molar-refractivity contribution in [2.45, 2.75) is 26.8 Å². The molecular formula is C12H16N4O. The molecule has 90 valence electrons. The predicted octanol–water partition coefficient (Wildman–Crippen LogP) is 2.44. The van der Waals surface area contributed by atoms with Crippen LogP contribution in [-0.2, 0) is 0 Å². The lowest BCUT2D eigenvalue weighted by molar-refractivity contribution is 0.453. The maximum Gasteiger partial charge on any atom is 0.216 e. The van der Waals surface area contributed by atoms with Gasteiger partial charge in [-0.25, -0.2) is 9.97 Å². The van der Waals surface area contributed by atoms with E-state index in [1.54, 1.807) is 12.4 Å². The van der Waals surface area contributed by atoms with Crippen LogP contribution in [0.1, 0.15) is 30.2 Å². The maximum atomic E-state index is 5.65. The number of nitrogens with zero attached hydrogens (tertiary/aromatic N) is 2. The summed E-state index contributed by atoms with van der Waals surface area (Å²) < 4.78 is 5.46. The van der Waals surface area contributed by atoms with E-state index in [0.717, 1.165) is 17.1 Å². The van der Waals surface area contributed by atoms with Gasteiger partial charge in [-0.3, -0.25) is 0 Å². The average molecular weight is 232 g/mol. The van der Waals surface area contributed by atoms with Gasteiger partial charge in [0.05, 0.1) is 18.1 Å². The Labute approximate surface area is 100 Å². The first kappa shape index (κ1) is 11.4. The van der Waals surface area contributed by atoms with Gasteiger partial charge in [0.15, 0.2) is 0 Å². The predicted molar refractivity (Wildman–Crippen MR) is 66.7 cm³/mol. The van der Waals surface area contributed by atoms with Crippen LogP contribution < -0.4 is 11.1 Å². The van der Waals surface area contributed by atoms with Gasteiger partial charge in [-0.1, -0.05) is 0 Å². The van der Waals surface area contributed by atoms with Gasteiger partial charge in [-0.2, -0.15) is 0 Å². The molecular weight excluding hydrogens is 216 g/mol. The highest BCUT2D eigenvalue weighted by atomic mass is 16.4. The fourth-order valence-electron chi connectivity index (χ4n) is 1.59. The van der Waals surface area contributed by atoms with Gasteiger partial charge < -0.3 is 15.5 Å². The van der Waals surface area contributed by atoms with E-state index < -0.39 is 0 Å². The van der Waals surface area contributed by atoms with E-state index in [2.05, 4.69) is 15.3 Å². The molecule has 17 heavy (non-hydrogen) atoms. The van der Waals surface area contributed by atoms with Crippen LogP contribution in [0.5, 0.6) is 0 Å². The molecule has 0 spiro atoms. The van der Waals surface area contributed by atoms with Gasteiger partial charge in [0.2, 0.25) is 5.89 Å². The number of rotatable bonds is 3. The number of hydrogen-bond donors (Lipinski definition) is 2. The Kier molecular flexibility index (Phi) is 2.99. The number of nitrogen functional groups attached to an aromatic ring is 1. The van der Waals surface area contributed by atoms with Crippen LogP contribution in [0, 0.1) is 13.8 Å². The van der Waals surface area contributed by atoms with E-state index in [4.69, 9.17) is 10.2 Å². The molecule has 0 saturated carbocycles. The highest BCUT2D eigenvalue weighted by Gasteiger charge is 2.12. The molecule has 2 aromatic heterocycles. The molecule has 2 heterocycles. The molecule has 1 unspecified atom stereocenters. The lowest BCUT2D eigenvalue weighted by atomic mass is 10.2. The summed E-state index contributed by atoms with van der Waals surface area (Å²) in [7, 11) is 0. The van der Waals surface area contributed by atoms with Crippen LogP contribution in [0.2, 0.25) is 0 Å². The van der Waals surface area contributed by atoms with Crippen LogP contribution in [-0.4, -0.2) is 9.97 Å². The van der Waals surface area contributed by atoms with Crippen molar-refractivity contribution in [3.05, 3.63) is 35.7 Å². The van der Waals surface area contributed by atoms with Crippen molar-refractivity contribution in [2.24, 2.45) is 0 Å². The lowest BCUT2D eigenvalue weighted by Gasteiger charge is -2.13. The minimum Gasteiger partial charge on any atom is -0.444 e. The second kappa shape index (κ2) is 4.45. The summed E-state index contributed by atoms with van der Waals surface area (Å²) in [6, 6.07) is 1.85. The van der Waals surface area contributed by atoms with Crippen molar-refractivity contribution in [3.63, 3.8) is 0 Å². The first-order valence-corrected chi connectivity index (χ1v) is 5.47. The third-order valence-electron chi connectivity index (χ3n) is 2.46. The van der Waals surface area contributed by atoms with Crippen LogP contribution in [0.15, 0.2) is 22.9 Å². The molecule has 0 saturated heterocycles. The number of aryl methyl sites for hydroxylation is 2. The van der Waals surface area contributed by atoms with Crippen molar-refractivity contribution in [3.8, 4) is 0 Å². The van der Waals surface area contributed by atoms with Gasteiger partial charge in [-0.05, 0) is 32.4 Å². The molecule has 0 radical (unpaired) electrons. The number of oxazole rings is 1. The number of aromatic nitrogens is 2. The summed E-state index contributed by atoms with van der Waals surface area (Å²) in [6.45, 7) is 5.80. The molecule has 2 rings (SSSR count). The van der Waals surface area contributed by atoms with Gasteiger partial charge in [0.25, 0.3) is 0 Å². The number of hydrogen-bond acceptors (Lipinski definition) is 5. The molecule has 0 aliphatic carbocycles. The van der Waals surface area contributed by atoms with Gasteiger partial charge >= 0.3 is 0 Å². The van der Waals surface area contributed by atoms with Gasteiger partial charge in [0.1, 0.15) is 17.6 Å². The van der Waals surface area contributed by atoms with Crippen molar-refractivity contribution in [1.29, 1.82) is 0 Å². The Balaban J connectivity index is 2.15. The average Bonchev–Trinajstić information content (AvgIpc) is 2.69. The molecule has 0 fully saturated rings. The van der Waals surface area contributed by atoms with E-state index in [0.29, 0.717) is 11.6 Å². The smallest absolute Gasteiger partial charge is 0.216 e. The summed E-state index contributed by atoms with van der Waals surface area (Å²) >= 11 is 0. The molecule has 0 bridgehead atoms. The number of nitrogens with two attached hydrogens (primary N) is 1. The van der Waals surface area contributed by atoms with Crippen molar-refractivity contribution in [2.75, 3.05) is 11.1 Å². The van der Waals surface area contributed by atoms with E-state index in [-0.39, 0.29) is 6.04 Å². The third-order valence-corrected chi connectivity index (χ3v) is 2.46. The van der Waals surface area contributed by atoms with Gasteiger partial charge in [-0.15, -0.1) is 0 Å². The van der Waals surface area contributed by atoms with Crippen LogP contribution >= 0.6 is 0 Å². The van der Waals surface area contributed by atoms with E-state index in [9.17, 15) is 0 Å². The van der Waals surface area contributed by atoms with E-state index in [1.807, 2.05) is 26.8 Å². The summed E-state index contributed by atoms with van der Waals surface area (Å²) in [4.78, 5) is 8.42. The van der Waals surface area contributed by atoms with Gasteiger partial charge in [0, 0.05) is 0 Å². The monoisotopic (exact) mass is 232 g/mol. The fraction of sp³-hybridized carbons (Fsp3) is 0.333. The molecule has 0 aliphatic rings. The molecule has 5 nitrogen and oxygen atoms in total. The minimum absolute atomic E-state index is 0.0291. The summed E-state index contributed by atoms with van der Waals surface area (Å²) in [5, 5.41) is 3.24. The van der Waals surface area contributed by atoms with Crippen molar-refractivity contribution >= 4 is 11.5 Å². The van der Waals surface area contributed by atoms with Crippen LogP contribution in [0.25, 0.3) is 0 Å². The number of pyridine rings is 1. The Morgan fingerprint density at radius 1 is 1.29 bits per heavy atom. The SMILES string of the molecule is Cc1cnc(C(C)Nc2ncc(N)cc2C)o1. The maximum absolute atomic E-state index is 5.65. The second-order valence-corrected chi connectivity index (χ2v) is 4.11. The Hall–Kier alpha value is -2.04. The summed E-state index contributed by atoms with van der Waals surface area (Å²) in [5.41, 5.74) is 7.31. The molecule has 0 amide bonds. The minimum atomic E-state index is -0.0291. The highest BCUT2D eigenvalue weighted by molar-refractivity contribution is 5.51. The Bertz CT molecular complexity index is 521. The van der Waals surface area contributed by atoms with Crippen molar-refractivity contribution in [1.82, 2.24) is 9.97 Å². The quantitative estimate of drug-likeness (QED) is 0.849. The lowest BCUT2D eigenvalue weighted by Crippen LogP contribution is -2.09. The Morgan fingerprint density at radius 2 is 2.06 bits per heavy atom. The normalized spacial score (nSPS) is 12.4. The topological polar surface area (TPSA) is 77.0 Å². The summed E-state index contributed by atoms with van der Waals surface area (Å²) in [5.74, 6) is 2.25. The first-order chi connectivity index (χ1) is 8.06. The first-order valence-electron chi connectivity index (χ1n) is 5.47. The fourth-order valence-corrected chi connectivity index (χ4v) is 1.59. The molecule has 0 aromatic carbocycles. The van der Waals surface area contributed by atoms with E-state index >= 15 is 0 Å². The highest BCUT2D eigenvalue weighted by Crippen LogP contribution is 2.21. The summed E-state index contributed by atoms with van der Waals surface area (Å²) in [6.07, 6.45) is 3.33.